The van der Waals surface area contributed by atoms with E-state index in [9.17, 15) is 14.8 Å². The summed E-state index contributed by atoms with van der Waals surface area (Å²) < 4.78 is 0. The number of carbonyl (C=O) groups is 1. The molecule has 0 aliphatic heterocycles. The molecule has 1 rings (SSSR count). The lowest BCUT2D eigenvalue weighted by Crippen LogP contribution is -2.54. The van der Waals surface area contributed by atoms with Crippen molar-refractivity contribution < 1.29 is 20.1 Å². The minimum absolute atomic E-state index is 0.168. The third kappa shape index (κ3) is 2.48. The van der Waals surface area contributed by atoms with E-state index in [0.717, 1.165) is 0 Å². The fourth-order valence-corrected chi connectivity index (χ4v) is 1.42. The quantitative estimate of drug-likeness (QED) is 0.257. The van der Waals surface area contributed by atoms with E-state index in [-0.39, 0.29) is 17.9 Å². The number of nitrogens with zero attached hydrogens (tertiary/aromatic N) is 2. The molecule has 0 saturated carbocycles. The Labute approximate surface area is 102 Å². The van der Waals surface area contributed by atoms with Crippen molar-refractivity contribution in [3.63, 3.8) is 0 Å². The first-order chi connectivity index (χ1) is 8.31. The van der Waals surface area contributed by atoms with Gasteiger partial charge >= 0.3 is 5.97 Å². The van der Waals surface area contributed by atoms with Crippen molar-refractivity contribution in [2.24, 2.45) is 11.1 Å². The van der Waals surface area contributed by atoms with Gasteiger partial charge in [-0.25, -0.2) is 10.6 Å². The molecule has 0 bridgehead atoms. The van der Waals surface area contributed by atoms with Gasteiger partial charge in [0.1, 0.15) is 0 Å². The van der Waals surface area contributed by atoms with Crippen LogP contribution in [0.25, 0.3) is 0 Å². The summed E-state index contributed by atoms with van der Waals surface area (Å²) in [5, 5.41) is 30.2. The van der Waals surface area contributed by atoms with Gasteiger partial charge < -0.3 is 15.3 Å². The number of hydrogen-bond acceptors (Lipinski definition) is 6. The molecule has 0 fully saturated rings. The Morgan fingerprint density at radius 2 is 2.06 bits per heavy atom. The second-order valence-corrected chi connectivity index (χ2v) is 4.01. The Bertz CT molecular complexity index is 479. The summed E-state index contributed by atoms with van der Waals surface area (Å²) in [7, 11) is 0. The van der Waals surface area contributed by atoms with E-state index in [1.807, 2.05) is 0 Å². The Morgan fingerprint density at radius 1 is 1.44 bits per heavy atom. The largest absolute Gasteiger partial charge is 0.504 e. The lowest BCUT2D eigenvalue weighted by molar-refractivity contribution is -0.150. The lowest BCUT2D eigenvalue weighted by Gasteiger charge is -2.29. The topological polar surface area (TPSA) is 136 Å². The van der Waals surface area contributed by atoms with Gasteiger partial charge in [-0.05, 0) is 24.6 Å². The number of nitrogens with two attached hydrogens (primary N) is 1. The Hall–Kier alpha value is -2.35. The molecule has 18 heavy (non-hydrogen) atoms. The molecule has 1 aromatic carbocycles. The molecule has 0 aromatic heterocycles. The second-order valence-electron chi connectivity index (χ2n) is 4.01. The number of rotatable bonds is 5. The molecule has 0 aliphatic carbocycles. The van der Waals surface area contributed by atoms with Crippen LogP contribution in [0.15, 0.2) is 23.5 Å². The van der Waals surface area contributed by atoms with E-state index in [2.05, 4.69) is 5.29 Å². The van der Waals surface area contributed by atoms with Crippen molar-refractivity contribution in [1.82, 2.24) is 5.12 Å². The molecule has 0 aliphatic rings. The van der Waals surface area contributed by atoms with Crippen molar-refractivity contribution in [1.29, 1.82) is 0 Å². The van der Waals surface area contributed by atoms with Crippen molar-refractivity contribution in [2.75, 3.05) is 0 Å². The average Bonchev–Trinajstić information content (AvgIpc) is 2.32. The van der Waals surface area contributed by atoms with Crippen LogP contribution in [-0.4, -0.2) is 31.9 Å². The predicted molar refractivity (Wildman–Crippen MR) is 61.3 cm³/mol. The van der Waals surface area contributed by atoms with Crippen LogP contribution in [-0.2, 0) is 11.2 Å². The summed E-state index contributed by atoms with van der Waals surface area (Å²) in [6.45, 7) is 1.22. The maximum Gasteiger partial charge on any atom is 0.333 e. The highest BCUT2D eigenvalue weighted by molar-refractivity contribution is 5.78. The van der Waals surface area contributed by atoms with Crippen LogP contribution >= 0.6 is 0 Å². The molecule has 0 heterocycles. The van der Waals surface area contributed by atoms with E-state index in [4.69, 9.17) is 16.1 Å². The van der Waals surface area contributed by atoms with Gasteiger partial charge in [0.25, 0.3) is 0 Å². The SMILES string of the molecule is C[C@](Cc1ccc(O)c(O)c1)(C(=O)O)N(N)N=O. The van der Waals surface area contributed by atoms with Crippen LogP contribution in [0.1, 0.15) is 12.5 Å². The number of hydrazine groups is 1. The molecule has 0 saturated heterocycles. The summed E-state index contributed by atoms with van der Waals surface area (Å²) >= 11 is 0. The minimum Gasteiger partial charge on any atom is -0.504 e. The first-order valence-electron chi connectivity index (χ1n) is 4.93. The molecule has 0 amide bonds. The highest BCUT2D eigenvalue weighted by Crippen LogP contribution is 2.28. The molecule has 5 N–H and O–H groups in total. The number of aliphatic carboxylic acids is 1. The Morgan fingerprint density at radius 3 is 2.50 bits per heavy atom. The summed E-state index contributed by atoms with van der Waals surface area (Å²) in [5.41, 5.74) is -1.36. The average molecular weight is 255 g/mol. The molecule has 8 heteroatoms. The number of aromatic hydroxyl groups is 2. The van der Waals surface area contributed by atoms with Crippen LogP contribution in [0.3, 0.4) is 0 Å². The number of benzene rings is 1. The standard InChI is InChI=1S/C10H13N3O5/c1-10(9(16)17,13(11)12-18)5-6-2-3-7(14)8(15)4-6/h2-4,14-15H,5,11H2,1H3,(H,16,17)/t10-/m0/s1. The van der Waals surface area contributed by atoms with E-state index < -0.39 is 11.5 Å². The number of carboxylic acids is 1. The fourth-order valence-electron chi connectivity index (χ4n) is 1.42. The fraction of sp³-hybridized carbons (Fsp3) is 0.300. The van der Waals surface area contributed by atoms with E-state index >= 15 is 0 Å². The van der Waals surface area contributed by atoms with Gasteiger partial charge in [-0.15, -0.1) is 4.91 Å². The third-order valence-electron chi connectivity index (χ3n) is 2.64. The third-order valence-corrected chi connectivity index (χ3v) is 2.64. The van der Waals surface area contributed by atoms with Crippen molar-refractivity contribution in [3.8, 4) is 11.5 Å². The number of phenolic OH excluding ortho intramolecular Hbond substituents is 2. The molecular weight excluding hydrogens is 242 g/mol. The van der Waals surface area contributed by atoms with Crippen molar-refractivity contribution in [2.45, 2.75) is 18.9 Å². The Balaban J connectivity index is 3.07. The first-order valence-corrected chi connectivity index (χ1v) is 4.93. The van der Waals surface area contributed by atoms with Gasteiger partial charge in [-0.3, -0.25) is 0 Å². The maximum absolute atomic E-state index is 11.1. The number of nitroso groups, excluding NO2 is 1. The molecule has 0 radical (unpaired) electrons. The van der Waals surface area contributed by atoms with Crippen LogP contribution in [0.2, 0.25) is 0 Å². The van der Waals surface area contributed by atoms with Crippen molar-refractivity contribution in [3.05, 3.63) is 28.7 Å². The van der Waals surface area contributed by atoms with E-state index in [1.165, 1.54) is 25.1 Å². The summed E-state index contributed by atoms with van der Waals surface area (Å²) in [5.74, 6) is 3.18. The zero-order valence-electron chi connectivity index (χ0n) is 9.57. The maximum atomic E-state index is 11.1. The van der Waals surface area contributed by atoms with Gasteiger partial charge in [0.15, 0.2) is 17.0 Å². The van der Waals surface area contributed by atoms with Gasteiger partial charge in [0.05, 0.1) is 5.29 Å². The van der Waals surface area contributed by atoms with Gasteiger partial charge in [-0.1, -0.05) is 6.07 Å². The molecule has 8 nitrogen and oxygen atoms in total. The highest BCUT2D eigenvalue weighted by Gasteiger charge is 2.39. The molecule has 0 spiro atoms. The predicted octanol–water partition coefficient (Wildman–Crippen LogP) is 0.341. The van der Waals surface area contributed by atoms with E-state index in [1.54, 1.807) is 0 Å². The number of phenols is 2. The normalized spacial score (nSPS) is 13.7. The molecule has 0 unspecified atom stereocenters. The number of hydrogen-bond donors (Lipinski definition) is 4. The summed E-state index contributed by atoms with van der Waals surface area (Å²) in [6, 6.07) is 3.81. The van der Waals surface area contributed by atoms with Crippen LogP contribution in [0, 0.1) is 4.91 Å². The Kier molecular flexibility index (Phi) is 3.72. The molecule has 98 valence electrons. The van der Waals surface area contributed by atoms with E-state index in [0.29, 0.717) is 10.7 Å². The zero-order chi connectivity index (χ0) is 13.9. The lowest BCUT2D eigenvalue weighted by atomic mass is 9.93. The second kappa shape index (κ2) is 4.88. The first kappa shape index (κ1) is 13.7. The van der Waals surface area contributed by atoms with Crippen LogP contribution < -0.4 is 5.84 Å². The zero-order valence-corrected chi connectivity index (χ0v) is 9.57. The van der Waals surface area contributed by atoms with Crippen LogP contribution in [0.5, 0.6) is 11.5 Å². The van der Waals surface area contributed by atoms with Gasteiger partial charge in [-0.2, -0.15) is 5.12 Å². The summed E-state index contributed by atoms with van der Waals surface area (Å²) in [6.07, 6.45) is -0.168. The smallest absolute Gasteiger partial charge is 0.333 e. The molecular formula is C10H13N3O5. The summed E-state index contributed by atoms with van der Waals surface area (Å²) in [4.78, 5) is 21.5. The molecule has 1 atom stereocenters. The van der Waals surface area contributed by atoms with Crippen LogP contribution in [0.4, 0.5) is 0 Å². The highest BCUT2D eigenvalue weighted by atomic mass is 16.4. The molecule has 1 aromatic rings. The monoisotopic (exact) mass is 255 g/mol. The van der Waals surface area contributed by atoms with Crippen molar-refractivity contribution >= 4 is 5.97 Å². The minimum atomic E-state index is -1.74. The van der Waals surface area contributed by atoms with Gasteiger partial charge in [0, 0.05) is 6.42 Å². The van der Waals surface area contributed by atoms with Gasteiger partial charge in [0.2, 0.25) is 0 Å². The number of carboxylic acid groups (broad SMARTS) is 1.